The largest absolute Gasteiger partial charge is 0.489 e. The van der Waals surface area contributed by atoms with Crippen molar-refractivity contribution >= 4 is 5.96 Å². The summed E-state index contributed by atoms with van der Waals surface area (Å²) in [6.07, 6.45) is 1.82. The van der Waals surface area contributed by atoms with E-state index in [-0.39, 0.29) is 6.10 Å². The lowest BCUT2D eigenvalue weighted by Gasteiger charge is -2.17. The molecular weight excluding hydrogens is 288 g/mol. The molecule has 1 heterocycles. The maximum Gasteiger partial charge on any atom is 0.191 e. The average molecular weight is 312 g/mol. The second-order valence-electron chi connectivity index (χ2n) is 5.37. The number of hydrogen-bond donors (Lipinski definition) is 2. The lowest BCUT2D eigenvalue weighted by atomic mass is 10.2. The molecule has 0 aliphatic heterocycles. The highest BCUT2D eigenvalue weighted by Gasteiger charge is 2.06. The molecule has 0 amide bonds. The number of nitrogens with zero attached hydrogens (tertiary/aromatic N) is 2. The molecule has 0 saturated carbocycles. The highest BCUT2D eigenvalue weighted by atomic mass is 16.5. The number of rotatable bonds is 6. The minimum Gasteiger partial charge on any atom is -0.489 e. The number of benzene rings is 1. The summed E-state index contributed by atoms with van der Waals surface area (Å²) in [5, 5.41) is 6.49. The fourth-order valence-electron chi connectivity index (χ4n) is 2.03. The van der Waals surface area contributed by atoms with Crippen molar-refractivity contribution in [3.63, 3.8) is 0 Å². The zero-order chi connectivity index (χ0) is 16.5. The van der Waals surface area contributed by atoms with Crippen molar-refractivity contribution < 1.29 is 4.74 Å². The van der Waals surface area contributed by atoms with Crippen LogP contribution in [-0.2, 0) is 6.54 Å². The molecule has 0 aliphatic carbocycles. The molecule has 0 bridgehead atoms. The zero-order valence-electron chi connectivity index (χ0n) is 13.9. The topological polar surface area (TPSA) is 58.5 Å². The molecule has 23 heavy (non-hydrogen) atoms. The predicted molar refractivity (Wildman–Crippen MR) is 93.7 cm³/mol. The maximum absolute atomic E-state index is 5.87. The molecule has 0 saturated heterocycles. The van der Waals surface area contributed by atoms with E-state index in [0.29, 0.717) is 13.1 Å². The molecule has 0 radical (unpaired) electrons. The van der Waals surface area contributed by atoms with Crippen molar-refractivity contribution in [2.45, 2.75) is 26.5 Å². The van der Waals surface area contributed by atoms with Gasteiger partial charge >= 0.3 is 0 Å². The second kappa shape index (κ2) is 8.78. The van der Waals surface area contributed by atoms with Crippen LogP contribution in [0.5, 0.6) is 5.75 Å². The Morgan fingerprint density at radius 1 is 1.17 bits per heavy atom. The number of aromatic nitrogens is 1. The molecule has 122 valence electrons. The molecule has 1 unspecified atom stereocenters. The third kappa shape index (κ3) is 5.98. The fraction of sp³-hybridized carbons (Fsp3) is 0.333. The second-order valence-corrected chi connectivity index (χ2v) is 5.37. The monoisotopic (exact) mass is 312 g/mol. The van der Waals surface area contributed by atoms with Crippen LogP contribution in [0.2, 0.25) is 0 Å². The van der Waals surface area contributed by atoms with Gasteiger partial charge in [0, 0.05) is 13.2 Å². The number of aliphatic imine (C=N–C) groups is 1. The van der Waals surface area contributed by atoms with E-state index < -0.39 is 0 Å². The van der Waals surface area contributed by atoms with Gasteiger partial charge in [0.15, 0.2) is 5.96 Å². The van der Waals surface area contributed by atoms with Crippen LogP contribution in [0.1, 0.15) is 18.2 Å². The third-order valence-corrected chi connectivity index (χ3v) is 3.30. The molecule has 0 aliphatic rings. The molecule has 2 rings (SSSR count). The number of aryl methyl sites for hydroxylation is 1. The van der Waals surface area contributed by atoms with Gasteiger partial charge in [0.1, 0.15) is 11.9 Å². The summed E-state index contributed by atoms with van der Waals surface area (Å²) in [5.74, 6) is 1.61. The Labute approximate surface area is 137 Å². The number of nitrogens with one attached hydrogen (secondary N) is 2. The van der Waals surface area contributed by atoms with Crippen molar-refractivity contribution in [1.29, 1.82) is 0 Å². The van der Waals surface area contributed by atoms with Gasteiger partial charge < -0.3 is 15.4 Å². The molecule has 5 heteroatoms. The van der Waals surface area contributed by atoms with Crippen molar-refractivity contribution in [1.82, 2.24) is 15.6 Å². The highest BCUT2D eigenvalue weighted by Crippen LogP contribution is 2.12. The van der Waals surface area contributed by atoms with Crippen LogP contribution in [0, 0.1) is 6.92 Å². The smallest absolute Gasteiger partial charge is 0.191 e. The minimum absolute atomic E-state index is 0.0334. The Bertz CT molecular complexity index is 611. The van der Waals surface area contributed by atoms with Gasteiger partial charge in [-0.3, -0.25) is 9.98 Å². The van der Waals surface area contributed by atoms with Crippen LogP contribution in [0.15, 0.2) is 53.7 Å². The lowest BCUT2D eigenvalue weighted by Crippen LogP contribution is -2.41. The lowest BCUT2D eigenvalue weighted by molar-refractivity contribution is 0.224. The fourth-order valence-corrected chi connectivity index (χ4v) is 2.03. The minimum atomic E-state index is 0.0334. The number of guanidine groups is 1. The van der Waals surface area contributed by atoms with E-state index in [2.05, 4.69) is 27.5 Å². The first-order valence-corrected chi connectivity index (χ1v) is 7.75. The predicted octanol–water partition coefficient (Wildman–Crippen LogP) is 2.52. The maximum atomic E-state index is 5.87. The first kappa shape index (κ1) is 16.8. The normalized spacial score (nSPS) is 12.6. The van der Waals surface area contributed by atoms with E-state index in [0.717, 1.165) is 17.4 Å². The van der Waals surface area contributed by atoms with Gasteiger partial charge in [-0.25, -0.2) is 0 Å². The zero-order valence-corrected chi connectivity index (χ0v) is 13.9. The Kier molecular flexibility index (Phi) is 6.41. The van der Waals surface area contributed by atoms with Crippen molar-refractivity contribution in [3.8, 4) is 5.75 Å². The Morgan fingerprint density at radius 3 is 2.61 bits per heavy atom. The molecule has 1 atom stereocenters. The van der Waals surface area contributed by atoms with Gasteiger partial charge in [-0.2, -0.15) is 0 Å². The van der Waals surface area contributed by atoms with E-state index in [1.165, 1.54) is 5.56 Å². The molecule has 0 fully saturated rings. The van der Waals surface area contributed by atoms with Gasteiger partial charge in [0.25, 0.3) is 0 Å². The van der Waals surface area contributed by atoms with Gasteiger partial charge in [-0.1, -0.05) is 23.8 Å². The van der Waals surface area contributed by atoms with Gasteiger partial charge in [0.2, 0.25) is 0 Å². The number of ether oxygens (including phenoxy) is 1. The molecular formula is C18H24N4O. The summed E-state index contributed by atoms with van der Waals surface area (Å²) >= 11 is 0. The highest BCUT2D eigenvalue weighted by molar-refractivity contribution is 5.79. The third-order valence-electron chi connectivity index (χ3n) is 3.30. The number of hydrogen-bond acceptors (Lipinski definition) is 3. The SMILES string of the molecule is CN=C(NCc1ccccn1)NCC(C)Oc1ccc(C)cc1. The van der Waals surface area contributed by atoms with Crippen LogP contribution in [0.3, 0.4) is 0 Å². The van der Waals surface area contributed by atoms with Gasteiger partial charge in [0.05, 0.1) is 18.8 Å². The summed E-state index contributed by atoms with van der Waals surface area (Å²) < 4.78 is 5.87. The standard InChI is InChI=1S/C18H24N4O/c1-14-7-9-17(10-8-14)23-15(2)12-21-18(19-3)22-13-16-6-4-5-11-20-16/h4-11,15H,12-13H2,1-3H3,(H2,19,21,22). The van der Waals surface area contributed by atoms with E-state index in [1.54, 1.807) is 13.2 Å². The van der Waals surface area contributed by atoms with E-state index >= 15 is 0 Å². The van der Waals surface area contributed by atoms with Crippen LogP contribution in [0.25, 0.3) is 0 Å². The van der Waals surface area contributed by atoms with E-state index in [4.69, 9.17) is 4.74 Å². The first-order chi connectivity index (χ1) is 11.2. The Balaban J connectivity index is 1.75. The van der Waals surface area contributed by atoms with Crippen molar-refractivity contribution in [3.05, 3.63) is 59.9 Å². The van der Waals surface area contributed by atoms with Crippen LogP contribution in [-0.4, -0.2) is 30.6 Å². The summed E-state index contributed by atoms with van der Waals surface area (Å²) in [7, 11) is 1.75. The van der Waals surface area contributed by atoms with Crippen molar-refractivity contribution in [2.75, 3.05) is 13.6 Å². The van der Waals surface area contributed by atoms with Crippen LogP contribution >= 0.6 is 0 Å². The van der Waals surface area contributed by atoms with Crippen LogP contribution in [0.4, 0.5) is 0 Å². The Hall–Kier alpha value is -2.56. The van der Waals surface area contributed by atoms with E-state index in [1.807, 2.05) is 49.4 Å². The summed E-state index contributed by atoms with van der Waals surface area (Å²) in [6.45, 7) is 5.38. The molecule has 2 N–H and O–H groups in total. The van der Waals surface area contributed by atoms with Gasteiger partial charge in [-0.05, 0) is 38.1 Å². The number of pyridine rings is 1. The summed E-state index contributed by atoms with van der Waals surface area (Å²) in [4.78, 5) is 8.48. The first-order valence-electron chi connectivity index (χ1n) is 7.75. The summed E-state index contributed by atoms with van der Waals surface area (Å²) in [5.41, 5.74) is 2.20. The molecule has 1 aromatic carbocycles. The van der Waals surface area contributed by atoms with E-state index in [9.17, 15) is 0 Å². The van der Waals surface area contributed by atoms with Crippen LogP contribution < -0.4 is 15.4 Å². The average Bonchev–Trinajstić information content (AvgIpc) is 2.58. The van der Waals surface area contributed by atoms with Gasteiger partial charge in [-0.15, -0.1) is 0 Å². The molecule has 1 aromatic heterocycles. The quantitative estimate of drug-likeness (QED) is 0.636. The molecule has 5 nitrogen and oxygen atoms in total. The molecule has 0 spiro atoms. The Morgan fingerprint density at radius 2 is 1.96 bits per heavy atom. The molecule has 2 aromatic rings. The summed E-state index contributed by atoms with van der Waals surface area (Å²) in [6, 6.07) is 13.9. The van der Waals surface area contributed by atoms with Crippen molar-refractivity contribution in [2.24, 2.45) is 4.99 Å².